The normalized spacial score (nSPS) is 11.6. The van der Waals surface area contributed by atoms with Crippen LogP contribution in [0.5, 0.6) is 0 Å². The Morgan fingerprint density at radius 1 is 1.08 bits per heavy atom. The molecule has 2 rings (SSSR count). The van der Waals surface area contributed by atoms with Crippen LogP contribution >= 0.6 is 11.8 Å². The largest absolute Gasteiger partial charge is 0.325 e. The highest BCUT2D eigenvalue weighted by atomic mass is 32.2. The Bertz CT molecular complexity index is 701. The highest BCUT2D eigenvalue weighted by Gasteiger charge is 2.21. The van der Waals surface area contributed by atoms with Gasteiger partial charge in [0.25, 0.3) is 0 Å². The molecule has 0 aliphatic carbocycles. The summed E-state index contributed by atoms with van der Waals surface area (Å²) in [4.78, 5) is 26.5. The van der Waals surface area contributed by atoms with E-state index in [1.54, 1.807) is 4.90 Å². The second kappa shape index (κ2) is 9.28. The first-order valence-corrected chi connectivity index (χ1v) is 9.40. The van der Waals surface area contributed by atoms with E-state index < -0.39 is 0 Å². The van der Waals surface area contributed by atoms with Crippen molar-refractivity contribution in [3.8, 4) is 0 Å². The average Bonchev–Trinajstić information content (AvgIpc) is 2.63. The first-order chi connectivity index (χ1) is 12.0. The Morgan fingerprint density at radius 2 is 1.72 bits per heavy atom. The van der Waals surface area contributed by atoms with Crippen LogP contribution in [0.2, 0.25) is 0 Å². The zero-order valence-electron chi connectivity index (χ0n) is 14.9. The van der Waals surface area contributed by atoms with E-state index in [1.165, 1.54) is 11.8 Å². The number of hydrogen-bond acceptors (Lipinski definition) is 3. The Morgan fingerprint density at radius 3 is 2.32 bits per heavy atom. The van der Waals surface area contributed by atoms with E-state index in [4.69, 9.17) is 0 Å². The van der Waals surface area contributed by atoms with Crippen LogP contribution < -0.4 is 10.2 Å². The third-order valence-electron chi connectivity index (χ3n) is 3.80. The fraction of sp³-hybridized carbons (Fsp3) is 0.300. The Kier molecular flexibility index (Phi) is 7.07. The minimum Gasteiger partial charge on any atom is -0.325 e. The van der Waals surface area contributed by atoms with Crippen molar-refractivity contribution in [2.75, 3.05) is 22.5 Å². The van der Waals surface area contributed by atoms with Gasteiger partial charge in [-0.25, -0.2) is 0 Å². The van der Waals surface area contributed by atoms with E-state index in [1.807, 2.05) is 75.4 Å². The number of nitrogens with zero attached hydrogens (tertiary/aromatic N) is 1. The van der Waals surface area contributed by atoms with E-state index in [0.717, 1.165) is 16.9 Å². The molecule has 0 heterocycles. The molecule has 1 atom stereocenters. The lowest BCUT2D eigenvalue weighted by Crippen LogP contribution is -2.37. The minimum absolute atomic E-state index is 0.0156. The molecule has 132 valence electrons. The smallest absolute Gasteiger partial charge is 0.239 e. The predicted octanol–water partition coefficient (Wildman–Crippen LogP) is 4.11. The van der Waals surface area contributed by atoms with Crippen molar-refractivity contribution in [1.29, 1.82) is 0 Å². The monoisotopic (exact) mass is 356 g/mol. The fourth-order valence-electron chi connectivity index (χ4n) is 2.40. The van der Waals surface area contributed by atoms with Gasteiger partial charge < -0.3 is 10.2 Å². The topological polar surface area (TPSA) is 49.4 Å². The van der Waals surface area contributed by atoms with Gasteiger partial charge in [0.05, 0.1) is 11.0 Å². The van der Waals surface area contributed by atoms with E-state index in [-0.39, 0.29) is 22.8 Å². The molecule has 0 spiro atoms. The Balaban J connectivity index is 1.87. The molecule has 0 aliphatic rings. The zero-order valence-corrected chi connectivity index (χ0v) is 15.7. The van der Waals surface area contributed by atoms with Gasteiger partial charge in [0.2, 0.25) is 11.8 Å². The molecular weight excluding hydrogens is 332 g/mol. The maximum atomic E-state index is 12.7. The number of para-hydroxylation sites is 1. The second-order valence-corrected chi connectivity index (χ2v) is 7.11. The number of amides is 2. The summed E-state index contributed by atoms with van der Waals surface area (Å²) in [7, 11) is 0. The van der Waals surface area contributed by atoms with Crippen LogP contribution in [0, 0.1) is 6.92 Å². The molecule has 0 saturated carbocycles. The predicted molar refractivity (Wildman–Crippen MR) is 106 cm³/mol. The molecule has 2 aromatic carbocycles. The lowest BCUT2D eigenvalue weighted by Gasteiger charge is -2.24. The van der Waals surface area contributed by atoms with Crippen LogP contribution in [-0.4, -0.2) is 29.4 Å². The molecule has 2 amide bonds. The minimum atomic E-state index is -0.288. The van der Waals surface area contributed by atoms with Crippen molar-refractivity contribution in [2.24, 2.45) is 0 Å². The number of hydrogen-bond donors (Lipinski definition) is 1. The van der Waals surface area contributed by atoms with Gasteiger partial charge in [-0.1, -0.05) is 35.9 Å². The van der Waals surface area contributed by atoms with E-state index >= 15 is 0 Å². The molecule has 1 N–H and O–H groups in total. The van der Waals surface area contributed by atoms with Gasteiger partial charge in [0.15, 0.2) is 0 Å². The molecule has 0 bridgehead atoms. The molecule has 0 aromatic heterocycles. The third-order valence-corrected chi connectivity index (χ3v) is 4.93. The molecule has 2 aromatic rings. The zero-order chi connectivity index (χ0) is 18.2. The molecule has 0 radical (unpaired) electrons. The fourth-order valence-corrected chi connectivity index (χ4v) is 3.14. The second-order valence-electron chi connectivity index (χ2n) is 5.79. The van der Waals surface area contributed by atoms with Crippen molar-refractivity contribution in [1.82, 2.24) is 0 Å². The van der Waals surface area contributed by atoms with Crippen LogP contribution in [-0.2, 0) is 9.59 Å². The van der Waals surface area contributed by atoms with Gasteiger partial charge in [-0.05, 0) is 45.0 Å². The summed E-state index contributed by atoms with van der Waals surface area (Å²) in [5, 5.41) is 2.57. The number of benzene rings is 2. The summed E-state index contributed by atoms with van der Waals surface area (Å²) in [5.41, 5.74) is 2.80. The van der Waals surface area contributed by atoms with Gasteiger partial charge in [0.1, 0.15) is 0 Å². The number of nitrogens with one attached hydrogen (secondary N) is 1. The Labute approximate surface area is 153 Å². The van der Waals surface area contributed by atoms with Crippen molar-refractivity contribution in [3.05, 3.63) is 60.2 Å². The standard InChI is InChI=1S/C20H24N2O2S/c1-4-22(18-8-6-5-7-9-18)20(24)16(3)25-14-19(23)21-17-12-10-15(2)11-13-17/h5-13,16H,4,14H2,1-3H3,(H,21,23). The quantitative estimate of drug-likeness (QED) is 0.812. The SMILES string of the molecule is CCN(C(=O)C(C)SCC(=O)Nc1ccc(C)cc1)c1ccccc1. The van der Waals surface area contributed by atoms with Crippen LogP contribution in [0.15, 0.2) is 54.6 Å². The lowest BCUT2D eigenvalue weighted by atomic mass is 10.2. The molecule has 5 heteroatoms. The molecule has 25 heavy (non-hydrogen) atoms. The lowest BCUT2D eigenvalue weighted by molar-refractivity contribution is -0.117. The first-order valence-electron chi connectivity index (χ1n) is 8.35. The van der Waals surface area contributed by atoms with Crippen LogP contribution in [0.4, 0.5) is 11.4 Å². The molecule has 4 nitrogen and oxygen atoms in total. The van der Waals surface area contributed by atoms with Crippen molar-refractivity contribution >= 4 is 35.0 Å². The highest BCUT2D eigenvalue weighted by Crippen LogP contribution is 2.20. The third kappa shape index (κ3) is 5.64. The number of aryl methyl sites for hydroxylation is 1. The van der Waals surface area contributed by atoms with E-state index in [0.29, 0.717) is 6.54 Å². The first kappa shape index (κ1) is 19.1. The summed E-state index contributed by atoms with van der Waals surface area (Å²) < 4.78 is 0. The van der Waals surface area contributed by atoms with Crippen LogP contribution in [0.3, 0.4) is 0 Å². The summed E-state index contributed by atoms with van der Waals surface area (Å²) in [6.45, 7) is 6.40. The van der Waals surface area contributed by atoms with Crippen LogP contribution in [0.1, 0.15) is 19.4 Å². The van der Waals surface area contributed by atoms with E-state index in [2.05, 4.69) is 5.32 Å². The molecule has 0 saturated heterocycles. The number of thioether (sulfide) groups is 1. The molecule has 0 fully saturated rings. The van der Waals surface area contributed by atoms with Gasteiger partial charge in [0, 0.05) is 17.9 Å². The summed E-state index contributed by atoms with van der Waals surface area (Å²) >= 11 is 1.35. The number of carbonyl (C=O) groups excluding carboxylic acids is 2. The van der Waals surface area contributed by atoms with Gasteiger partial charge in [-0.15, -0.1) is 11.8 Å². The molecule has 0 aliphatic heterocycles. The van der Waals surface area contributed by atoms with Gasteiger partial charge in [-0.3, -0.25) is 9.59 Å². The number of rotatable bonds is 7. The summed E-state index contributed by atoms with van der Waals surface area (Å²) in [6, 6.07) is 17.3. The Hall–Kier alpha value is -2.27. The summed E-state index contributed by atoms with van der Waals surface area (Å²) in [6.07, 6.45) is 0. The maximum Gasteiger partial charge on any atom is 0.239 e. The maximum absolute atomic E-state index is 12.7. The summed E-state index contributed by atoms with van der Waals surface area (Å²) in [5.74, 6) is 0.158. The molecule has 1 unspecified atom stereocenters. The van der Waals surface area contributed by atoms with Crippen molar-refractivity contribution in [3.63, 3.8) is 0 Å². The van der Waals surface area contributed by atoms with Crippen molar-refractivity contribution in [2.45, 2.75) is 26.0 Å². The average molecular weight is 356 g/mol. The number of carbonyl (C=O) groups is 2. The van der Waals surface area contributed by atoms with Crippen molar-refractivity contribution < 1.29 is 9.59 Å². The van der Waals surface area contributed by atoms with Gasteiger partial charge >= 0.3 is 0 Å². The van der Waals surface area contributed by atoms with Gasteiger partial charge in [-0.2, -0.15) is 0 Å². The van der Waals surface area contributed by atoms with E-state index in [9.17, 15) is 9.59 Å². The van der Waals surface area contributed by atoms with Crippen LogP contribution in [0.25, 0.3) is 0 Å². The molecular formula is C20H24N2O2S. The highest BCUT2D eigenvalue weighted by molar-refractivity contribution is 8.01. The number of anilines is 2.